The zero-order valence-electron chi connectivity index (χ0n) is 31.0. The molecule has 2 aromatic carbocycles. The number of amides is 1. The fourth-order valence-corrected chi connectivity index (χ4v) is 6.51. The van der Waals surface area contributed by atoms with Crippen molar-refractivity contribution in [3.05, 3.63) is 71.6 Å². The summed E-state index contributed by atoms with van der Waals surface area (Å²) in [6.07, 6.45) is 6.59. The minimum atomic E-state index is -0.761. The number of carbonyl (C=O) groups excluding carboxylic acids is 3. The predicted octanol–water partition coefficient (Wildman–Crippen LogP) is 6.22. The highest BCUT2D eigenvalue weighted by molar-refractivity contribution is 5.92. The number of aromatic nitrogens is 1. The number of nitrogens with one attached hydrogen (secondary N) is 1. The third-order valence-corrected chi connectivity index (χ3v) is 8.82. The molecule has 2 N–H and O–H groups in total. The molecule has 1 aromatic heterocycles. The zero-order chi connectivity index (χ0) is 37.2. The van der Waals surface area contributed by atoms with Gasteiger partial charge in [0.15, 0.2) is 0 Å². The molecule has 10 nitrogen and oxygen atoms in total. The van der Waals surface area contributed by atoms with Gasteiger partial charge in [0.1, 0.15) is 12.0 Å². The Morgan fingerprint density at radius 2 is 1.84 bits per heavy atom. The monoisotopic (exact) mass is 686 g/mol. The number of rotatable bonds is 19. The third-order valence-electron chi connectivity index (χ3n) is 8.82. The molecular formula is C40H54N4O6. The number of ether oxygens (including phenoxy) is 2. The van der Waals surface area contributed by atoms with Crippen LogP contribution in [0.4, 0.5) is 0 Å². The van der Waals surface area contributed by atoms with E-state index >= 15 is 0 Å². The molecule has 3 aromatic rings. The number of methoxy groups -OCH3 is 1. The Bertz CT molecular complexity index is 1710. The number of likely N-dealkylation sites (N-methyl/N-ethyl adjacent to an activating group) is 1. The molecule has 50 heavy (non-hydrogen) atoms. The van der Waals surface area contributed by atoms with Crippen molar-refractivity contribution in [1.29, 1.82) is 0 Å². The van der Waals surface area contributed by atoms with Crippen LogP contribution in [-0.2, 0) is 43.2 Å². The summed E-state index contributed by atoms with van der Waals surface area (Å²) in [5, 5.41) is 14.7. The van der Waals surface area contributed by atoms with Crippen molar-refractivity contribution in [3.8, 4) is 16.9 Å². The van der Waals surface area contributed by atoms with Crippen molar-refractivity contribution in [2.45, 2.75) is 79.1 Å². The Labute approximate surface area is 296 Å². The Kier molecular flexibility index (Phi) is 14.3. The van der Waals surface area contributed by atoms with E-state index in [4.69, 9.17) is 9.47 Å². The third kappa shape index (κ3) is 10.0. The summed E-state index contributed by atoms with van der Waals surface area (Å²) >= 11 is 0. The highest BCUT2D eigenvalue weighted by Crippen LogP contribution is 2.37. The minimum absolute atomic E-state index is 0.0565. The Hall–Kier alpha value is -4.54. The molecule has 0 aliphatic rings. The van der Waals surface area contributed by atoms with E-state index in [0.717, 1.165) is 45.3 Å². The van der Waals surface area contributed by atoms with Gasteiger partial charge >= 0.3 is 0 Å². The summed E-state index contributed by atoms with van der Waals surface area (Å²) in [5.41, 5.74) is 5.74. The summed E-state index contributed by atoms with van der Waals surface area (Å²) in [7, 11) is 5.33. The van der Waals surface area contributed by atoms with Crippen LogP contribution in [0.15, 0.2) is 59.7 Å². The van der Waals surface area contributed by atoms with E-state index < -0.39 is 11.5 Å². The number of hydrogen-bond donors (Lipinski definition) is 2. The van der Waals surface area contributed by atoms with Gasteiger partial charge in [-0.15, -0.1) is 0 Å². The lowest BCUT2D eigenvalue weighted by Gasteiger charge is -2.28. The van der Waals surface area contributed by atoms with Crippen LogP contribution in [0.2, 0.25) is 0 Å². The number of aliphatic imine (C=N–C) groups is 1. The topological polar surface area (TPSA) is 122 Å². The van der Waals surface area contributed by atoms with Gasteiger partial charge in [0, 0.05) is 41.9 Å². The predicted molar refractivity (Wildman–Crippen MR) is 201 cm³/mol. The summed E-state index contributed by atoms with van der Waals surface area (Å²) in [4.78, 5) is 42.8. The molecule has 10 heteroatoms. The summed E-state index contributed by atoms with van der Waals surface area (Å²) in [6.45, 7) is 17.3. The van der Waals surface area contributed by atoms with Gasteiger partial charge in [-0.05, 0) is 99.3 Å². The average molecular weight is 687 g/mol. The van der Waals surface area contributed by atoms with Crippen molar-refractivity contribution in [1.82, 2.24) is 14.8 Å². The van der Waals surface area contributed by atoms with Crippen LogP contribution in [0.3, 0.4) is 0 Å². The van der Waals surface area contributed by atoms with E-state index in [2.05, 4.69) is 54.4 Å². The molecule has 0 aliphatic carbocycles. The van der Waals surface area contributed by atoms with E-state index in [1.807, 2.05) is 58.0 Å². The summed E-state index contributed by atoms with van der Waals surface area (Å²) in [6, 6.07) is 10.3. The second kappa shape index (κ2) is 17.9. The van der Waals surface area contributed by atoms with Crippen LogP contribution in [0.25, 0.3) is 28.1 Å². The molecule has 0 radical (unpaired) electrons. The molecular weight excluding hydrogens is 632 g/mol. The molecule has 0 spiro atoms. The molecule has 0 saturated heterocycles. The molecule has 3 unspecified atom stereocenters. The van der Waals surface area contributed by atoms with Gasteiger partial charge in [-0.25, -0.2) is 0 Å². The summed E-state index contributed by atoms with van der Waals surface area (Å²) < 4.78 is 13.1. The van der Waals surface area contributed by atoms with Crippen LogP contribution in [0, 0.1) is 11.3 Å². The number of allylic oxidation sites excluding steroid dienone is 1. The lowest BCUT2D eigenvalue weighted by atomic mass is 9.85. The summed E-state index contributed by atoms with van der Waals surface area (Å²) in [5.74, 6) is -0.103. The largest absolute Gasteiger partial charge is 0.508 e. The first-order valence-electron chi connectivity index (χ1n) is 17.0. The first kappa shape index (κ1) is 39.9. The number of nitrogens with zero attached hydrogens (tertiary/aromatic N) is 3. The number of aldehydes is 1. The van der Waals surface area contributed by atoms with Crippen LogP contribution in [-0.4, -0.2) is 85.5 Å². The van der Waals surface area contributed by atoms with E-state index in [-0.39, 0.29) is 42.7 Å². The molecule has 3 rings (SSSR count). The normalized spacial score (nSPS) is 14.3. The number of fused-ring (bicyclic) bond motifs is 1. The SMILES string of the molecule is C=CC=N/C(=C/c1c(CC(C)(C)COC=O)c2cc(-c3cc(O)cc(CC(C=O)NC(=O)C(C(C)C)N(C)C)c3)ccc2n1CC)C(C)OC. The molecule has 0 saturated carbocycles. The molecule has 0 bridgehead atoms. The highest BCUT2D eigenvalue weighted by Gasteiger charge is 2.28. The molecule has 1 amide bonds. The molecule has 0 fully saturated rings. The quantitative estimate of drug-likeness (QED) is 0.113. The van der Waals surface area contributed by atoms with Crippen molar-refractivity contribution >= 4 is 41.9 Å². The number of phenolic OH excluding ortho intramolecular Hbond substituents is 1. The van der Waals surface area contributed by atoms with Gasteiger partial charge in [0.05, 0.1) is 30.5 Å². The van der Waals surface area contributed by atoms with Crippen LogP contribution < -0.4 is 5.32 Å². The van der Waals surface area contributed by atoms with Gasteiger partial charge in [0.25, 0.3) is 6.47 Å². The smallest absolute Gasteiger partial charge is 0.293 e. The highest BCUT2D eigenvalue weighted by atomic mass is 16.5. The Morgan fingerprint density at radius 3 is 2.42 bits per heavy atom. The first-order valence-corrected chi connectivity index (χ1v) is 17.0. The maximum Gasteiger partial charge on any atom is 0.293 e. The second-order valence-corrected chi connectivity index (χ2v) is 14.0. The van der Waals surface area contributed by atoms with E-state index in [1.54, 1.807) is 31.5 Å². The van der Waals surface area contributed by atoms with E-state index in [0.29, 0.717) is 25.0 Å². The maximum absolute atomic E-state index is 13.1. The lowest BCUT2D eigenvalue weighted by molar-refractivity contribution is -0.131. The minimum Gasteiger partial charge on any atom is -0.508 e. The van der Waals surface area contributed by atoms with Gasteiger partial charge < -0.3 is 29.3 Å². The number of benzene rings is 2. The fraction of sp³-hybridized carbons (Fsp3) is 0.450. The van der Waals surface area contributed by atoms with Crippen molar-refractivity contribution in [2.75, 3.05) is 27.8 Å². The molecule has 1 heterocycles. The average Bonchev–Trinajstić information content (AvgIpc) is 3.34. The van der Waals surface area contributed by atoms with Gasteiger partial charge in [-0.1, -0.05) is 52.5 Å². The number of aromatic hydroxyl groups is 1. The van der Waals surface area contributed by atoms with Crippen molar-refractivity contribution in [2.24, 2.45) is 16.3 Å². The lowest BCUT2D eigenvalue weighted by Crippen LogP contribution is -2.50. The Morgan fingerprint density at radius 1 is 1.12 bits per heavy atom. The molecule has 0 aliphatic heterocycles. The number of aryl methyl sites for hydroxylation is 1. The van der Waals surface area contributed by atoms with Gasteiger partial charge in [-0.2, -0.15) is 0 Å². The van der Waals surface area contributed by atoms with Crippen LogP contribution in [0.1, 0.15) is 58.4 Å². The first-order chi connectivity index (χ1) is 23.7. The van der Waals surface area contributed by atoms with Crippen LogP contribution >= 0.6 is 0 Å². The Balaban J connectivity index is 2.18. The molecule has 270 valence electrons. The van der Waals surface area contributed by atoms with Crippen molar-refractivity contribution < 1.29 is 29.0 Å². The van der Waals surface area contributed by atoms with Crippen molar-refractivity contribution in [3.63, 3.8) is 0 Å². The van der Waals surface area contributed by atoms with Gasteiger partial charge in [0.2, 0.25) is 5.91 Å². The van der Waals surface area contributed by atoms with Crippen LogP contribution in [0.5, 0.6) is 5.75 Å². The second-order valence-electron chi connectivity index (χ2n) is 14.0. The van der Waals surface area contributed by atoms with E-state index in [1.165, 1.54) is 0 Å². The fourth-order valence-electron chi connectivity index (χ4n) is 6.51. The van der Waals surface area contributed by atoms with Gasteiger partial charge in [-0.3, -0.25) is 19.5 Å². The maximum atomic E-state index is 13.1. The number of phenols is 1. The number of hydrogen-bond acceptors (Lipinski definition) is 8. The standard InChI is InChI=1S/C40H54N4O6/c1-11-15-41-35(27(5)49-10)21-37-34(22-40(6,7)24-50-25-46)33-20-29(13-14-36(33)44(37)12-2)30-16-28(18-32(47)19-30)17-31(23-45)42-39(48)38(26(3)4)43(8)9/h11,13-16,18-21,23,25-27,31,38,47H,1,12,17,22,24H2,2-10H3,(H,42,48)/b35-21+,41-15?. The molecule has 3 atom stereocenters. The number of carbonyl (C=O) groups is 3. The zero-order valence-corrected chi connectivity index (χ0v) is 31.0. The van der Waals surface area contributed by atoms with E-state index in [9.17, 15) is 19.5 Å².